The van der Waals surface area contributed by atoms with Gasteiger partial charge in [-0.3, -0.25) is 9.59 Å². The van der Waals surface area contributed by atoms with Crippen LogP contribution in [-0.2, 0) is 28.6 Å². The molecule has 0 spiro atoms. The first kappa shape index (κ1) is 19.1. The Balaban J connectivity index is 1.75. The maximum Gasteiger partial charge on any atom is 0.328 e. The second-order valence-electron chi connectivity index (χ2n) is 7.59. The maximum absolute atomic E-state index is 13.0. The van der Waals surface area contributed by atoms with Crippen molar-refractivity contribution in [2.75, 3.05) is 26.7 Å². The van der Waals surface area contributed by atoms with Crippen LogP contribution in [0.15, 0.2) is 0 Å². The van der Waals surface area contributed by atoms with Gasteiger partial charge >= 0.3 is 5.97 Å². The highest BCUT2D eigenvalue weighted by atomic mass is 16.7. The van der Waals surface area contributed by atoms with Gasteiger partial charge in [0.15, 0.2) is 18.5 Å². The summed E-state index contributed by atoms with van der Waals surface area (Å²) >= 11 is 0. The van der Waals surface area contributed by atoms with Gasteiger partial charge in [-0.15, -0.1) is 0 Å². The first-order valence-corrected chi connectivity index (χ1v) is 9.40. The lowest BCUT2D eigenvalue weighted by Gasteiger charge is -2.36. The Bertz CT molecular complexity index is 560. The Labute approximate surface area is 153 Å². The molecule has 0 aromatic rings. The van der Waals surface area contributed by atoms with Gasteiger partial charge in [0.05, 0.1) is 13.7 Å². The molecule has 8 heteroatoms. The van der Waals surface area contributed by atoms with Gasteiger partial charge in [0.1, 0.15) is 6.04 Å². The number of fused-ring (bicyclic) bond motifs is 2. The quantitative estimate of drug-likeness (QED) is 0.659. The van der Waals surface area contributed by atoms with Crippen molar-refractivity contribution in [3.05, 3.63) is 0 Å². The highest BCUT2D eigenvalue weighted by Crippen LogP contribution is 2.31. The van der Waals surface area contributed by atoms with Crippen LogP contribution < -0.4 is 0 Å². The highest BCUT2D eigenvalue weighted by Gasteiger charge is 2.54. The van der Waals surface area contributed by atoms with Crippen LogP contribution in [0.1, 0.15) is 39.5 Å². The van der Waals surface area contributed by atoms with E-state index < -0.39 is 30.5 Å². The van der Waals surface area contributed by atoms with E-state index in [9.17, 15) is 14.4 Å². The third kappa shape index (κ3) is 3.71. The number of rotatable bonds is 5. The smallest absolute Gasteiger partial charge is 0.328 e. The lowest BCUT2D eigenvalue weighted by molar-refractivity contribution is -0.174. The van der Waals surface area contributed by atoms with E-state index in [0.29, 0.717) is 19.5 Å². The van der Waals surface area contributed by atoms with E-state index in [1.54, 1.807) is 4.90 Å². The zero-order valence-corrected chi connectivity index (χ0v) is 15.7. The van der Waals surface area contributed by atoms with Gasteiger partial charge in [-0.25, -0.2) is 4.79 Å². The molecule has 2 bridgehead atoms. The van der Waals surface area contributed by atoms with Crippen LogP contribution in [-0.4, -0.2) is 78.9 Å². The Kier molecular flexibility index (Phi) is 5.82. The summed E-state index contributed by atoms with van der Waals surface area (Å²) in [4.78, 5) is 41.2. The minimum atomic E-state index is -0.984. The van der Waals surface area contributed by atoms with Crippen LogP contribution in [0.3, 0.4) is 0 Å². The molecule has 3 aliphatic rings. The average molecular weight is 368 g/mol. The number of ether oxygens (including phenoxy) is 3. The second-order valence-corrected chi connectivity index (χ2v) is 7.59. The van der Waals surface area contributed by atoms with Gasteiger partial charge in [0, 0.05) is 13.1 Å². The number of piperidine rings is 1. The Morgan fingerprint density at radius 3 is 2.50 bits per heavy atom. The normalized spacial score (nSPS) is 29.8. The number of methoxy groups -OCH3 is 1. The molecular weight excluding hydrogens is 340 g/mol. The van der Waals surface area contributed by atoms with Crippen molar-refractivity contribution in [3.8, 4) is 0 Å². The molecule has 0 aliphatic carbocycles. The molecule has 3 fully saturated rings. The summed E-state index contributed by atoms with van der Waals surface area (Å²) in [6.45, 7) is 5.47. The molecule has 0 aromatic heterocycles. The number of likely N-dealkylation sites (tertiary alicyclic amines) is 1. The van der Waals surface area contributed by atoms with Crippen molar-refractivity contribution < 1.29 is 28.6 Å². The molecule has 3 rings (SSSR count). The van der Waals surface area contributed by atoms with Gasteiger partial charge in [-0.2, -0.15) is 0 Å². The van der Waals surface area contributed by atoms with E-state index in [0.717, 1.165) is 19.3 Å². The van der Waals surface area contributed by atoms with Crippen LogP contribution in [0, 0.1) is 5.92 Å². The fourth-order valence-corrected chi connectivity index (χ4v) is 3.89. The van der Waals surface area contributed by atoms with Crippen molar-refractivity contribution in [2.24, 2.45) is 5.92 Å². The molecule has 3 aliphatic heterocycles. The molecule has 0 radical (unpaired) electrons. The van der Waals surface area contributed by atoms with Crippen molar-refractivity contribution >= 4 is 17.8 Å². The van der Waals surface area contributed by atoms with Crippen LogP contribution in [0.2, 0.25) is 0 Å². The van der Waals surface area contributed by atoms with Crippen molar-refractivity contribution in [2.45, 2.75) is 64.1 Å². The number of morpholine rings is 1. The van der Waals surface area contributed by atoms with Gasteiger partial charge in [0.2, 0.25) is 0 Å². The number of esters is 1. The zero-order chi connectivity index (χ0) is 18.8. The SMILES string of the molecule is COC(=O)[C@@H](CC(C)C)N1C[C@@H]2O[C@H](C(=O)N3CCCCC3)[C@@H](O2)C1=O. The fraction of sp³-hybridized carbons (Fsp3) is 0.833. The molecule has 8 nitrogen and oxygen atoms in total. The largest absolute Gasteiger partial charge is 0.467 e. The average Bonchev–Trinajstić information content (AvgIpc) is 3.01. The van der Waals surface area contributed by atoms with Crippen molar-refractivity contribution in [1.82, 2.24) is 9.80 Å². The van der Waals surface area contributed by atoms with E-state index >= 15 is 0 Å². The van der Waals surface area contributed by atoms with Crippen molar-refractivity contribution in [1.29, 1.82) is 0 Å². The minimum absolute atomic E-state index is 0.131. The van der Waals surface area contributed by atoms with E-state index in [1.165, 1.54) is 12.0 Å². The predicted octanol–water partition coefficient (Wildman–Crippen LogP) is 0.539. The summed E-state index contributed by atoms with van der Waals surface area (Å²) < 4.78 is 16.2. The number of nitrogens with zero attached hydrogens (tertiary/aromatic N) is 2. The maximum atomic E-state index is 13.0. The lowest BCUT2D eigenvalue weighted by atomic mass is 10.0. The molecule has 2 amide bonds. The van der Waals surface area contributed by atoms with Gasteiger partial charge in [0.25, 0.3) is 11.8 Å². The Hall–Kier alpha value is -1.67. The third-order valence-electron chi connectivity index (χ3n) is 5.20. The number of carbonyl (C=O) groups is 3. The standard InChI is InChI=1S/C18H28N2O6/c1-11(2)9-12(18(23)24-3)20-10-13-25-14(15(26-13)17(20)22)16(21)19-7-5-4-6-8-19/h11-15H,4-10H2,1-3H3/t12-,13-,14+,15-/m1/s1. The van der Waals surface area contributed by atoms with E-state index in [1.807, 2.05) is 13.8 Å². The summed E-state index contributed by atoms with van der Waals surface area (Å²) in [7, 11) is 1.31. The van der Waals surface area contributed by atoms with Crippen LogP contribution in [0.25, 0.3) is 0 Å². The van der Waals surface area contributed by atoms with Gasteiger partial charge in [-0.05, 0) is 31.6 Å². The molecule has 3 heterocycles. The Morgan fingerprint density at radius 1 is 1.19 bits per heavy atom. The molecule has 26 heavy (non-hydrogen) atoms. The molecule has 0 saturated carbocycles. The number of amides is 2. The Morgan fingerprint density at radius 2 is 1.88 bits per heavy atom. The number of hydrogen-bond acceptors (Lipinski definition) is 6. The molecular formula is C18H28N2O6. The number of hydrogen-bond donors (Lipinski definition) is 0. The predicted molar refractivity (Wildman–Crippen MR) is 90.9 cm³/mol. The summed E-state index contributed by atoms with van der Waals surface area (Å²) in [5.41, 5.74) is 0. The molecule has 4 atom stereocenters. The first-order valence-electron chi connectivity index (χ1n) is 9.40. The monoisotopic (exact) mass is 368 g/mol. The first-order chi connectivity index (χ1) is 12.4. The van der Waals surface area contributed by atoms with Gasteiger partial charge in [-0.1, -0.05) is 13.8 Å². The van der Waals surface area contributed by atoms with E-state index in [2.05, 4.69) is 0 Å². The topological polar surface area (TPSA) is 85.4 Å². The molecule has 0 aromatic carbocycles. The minimum Gasteiger partial charge on any atom is -0.467 e. The summed E-state index contributed by atoms with van der Waals surface area (Å²) in [5, 5.41) is 0. The molecule has 3 saturated heterocycles. The summed E-state index contributed by atoms with van der Waals surface area (Å²) in [5.74, 6) is -0.803. The molecule has 0 unspecified atom stereocenters. The second kappa shape index (κ2) is 7.92. The van der Waals surface area contributed by atoms with E-state index in [4.69, 9.17) is 14.2 Å². The zero-order valence-electron chi connectivity index (χ0n) is 15.7. The van der Waals surface area contributed by atoms with E-state index in [-0.39, 0.29) is 24.3 Å². The number of carbonyl (C=O) groups excluding carboxylic acids is 3. The van der Waals surface area contributed by atoms with Crippen molar-refractivity contribution in [3.63, 3.8) is 0 Å². The highest BCUT2D eigenvalue weighted by molar-refractivity contribution is 5.94. The summed E-state index contributed by atoms with van der Waals surface area (Å²) in [6, 6.07) is -0.686. The molecule has 0 N–H and O–H groups in total. The van der Waals surface area contributed by atoms with Crippen LogP contribution in [0.4, 0.5) is 0 Å². The lowest BCUT2D eigenvalue weighted by Crippen LogP contribution is -2.57. The van der Waals surface area contributed by atoms with Gasteiger partial charge < -0.3 is 24.0 Å². The van der Waals surface area contributed by atoms with Crippen LogP contribution >= 0.6 is 0 Å². The van der Waals surface area contributed by atoms with Crippen LogP contribution in [0.5, 0.6) is 0 Å². The molecule has 146 valence electrons. The summed E-state index contributed by atoms with van der Waals surface area (Å²) in [6.07, 6.45) is 0.938. The fourth-order valence-electron chi connectivity index (χ4n) is 3.89. The third-order valence-corrected chi connectivity index (χ3v) is 5.20.